The minimum absolute atomic E-state index is 0.593. The van der Waals surface area contributed by atoms with Crippen LogP contribution in [0, 0.1) is 4.77 Å². The molecule has 2 aromatic rings. The van der Waals surface area contributed by atoms with Crippen LogP contribution in [0.25, 0.3) is 11.4 Å². The first-order chi connectivity index (χ1) is 8.61. The van der Waals surface area contributed by atoms with Crippen LogP contribution in [-0.4, -0.2) is 28.5 Å². The third-order valence-corrected chi connectivity index (χ3v) is 3.63. The molecule has 1 aromatic heterocycles. The summed E-state index contributed by atoms with van der Waals surface area (Å²) in [7, 11) is 1.67. The molecule has 0 radical (unpaired) electrons. The molecule has 0 aliphatic rings. The van der Waals surface area contributed by atoms with Gasteiger partial charge in [0, 0.05) is 21.6 Å². The summed E-state index contributed by atoms with van der Waals surface area (Å²) in [5.74, 6) is 0.805. The lowest BCUT2D eigenvalue weighted by molar-refractivity contribution is 0.187. The van der Waals surface area contributed by atoms with Crippen LogP contribution in [0.5, 0.6) is 0 Å². The van der Waals surface area contributed by atoms with Crippen molar-refractivity contribution < 1.29 is 4.74 Å². The topological polar surface area (TPSA) is 42.8 Å². The second kappa shape index (κ2) is 6.10. The highest BCUT2D eigenvalue weighted by atomic mass is 79.9. The van der Waals surface area contributed by atoms with Crippen LogP contribution in [0.3, 0.4) is 0 Å². The Morgan fingerprint density at radius 2 is 2.00 bits per heavy atom. The second-order valence-electron chi connectivity index (χ2n) is 3.65. The number of methoxy groups -OCH3 is 1. The van der Waals surface area contributed by atoms with Gasteiger partial charge in [-0.2, -0.15) is 5.10 Å². The monoisotopic (exact) mass is 391 g/mol. The van der Waals surface area contributed by atoms with Gasteiger partial charge in [0.1, 0.15) is 0 Å². The quantitative estimate of drug-likeness (QED) is 0.805. The molecular weight excluding hydrogens is 382 g/mol. The molecule has 1 N–H and O–H groups in total. The minimum Gasteiger partial charge on any atom is -0.383 e. The van der Waals surface area contributed by atoms with E-state index in [1.807, 2.05) is 22.8 Å². The molecule has 1 heterocycles. The molecular formula is C11H11Br2N3OS. The molecule has 0 saturated carbocycles. The molecule has 0 atom stereocenters. The van der Waals surface area contributed by atoms with Crippen LogP contribution in [0.4, 0.5) is 0 Å². The van der Waals surface area contributed by atoms with Crippen LogP contribution < -0.4 is 0 Å². The Kier molecular flexibility index (Phi) is 4.71. The van der Waals surface area contributed by atoms with E-state index in [1.54, 1.807) is 7.11 Å². The zero-order valence-corrected chi connectivity index (χ0v) is 13.6. The van der Waals surface area contributed by atoms with E-state index in [0.717, 1.165) is 20.3 Å². The number of hydrogen-bond acceptors (Lipinski definition) is 3. The van der Waals surface area contributed by atoms with Gasteiger partial charge in [-0.15, -0.1) is 0 Å². The van der Waals surface area contributed by atoms with E-state index in [4.69, 9.17) is 17.0 Å². The first kappa shape index (κ1) is 13.9. The molecule has 0 spiro atoms. The Labute approximate surface area is 127 Å². The van der Waals surface area contributed by atoms with E-state index in [1.165, 1.54) is 0 Å². The summed E-state index contributed by atoms with van der Waals surface area (Å²) in [5.41, 5.74) is 0.986. The number of benzene rings is 1. The number of nitrogens with zero attached hydrogens (tertiary/aromatic N) is 2. The summed E-state index contributed by atoms with van der Waals surface area (Å²) in [5, 5.41) is 7.08. The highest BCUT2D eigenvalue weighted by Crippen LogP contribution is 2.26. The van der Waals surface area contributed by atoms with E-state index in [0.29, 0.717) is 17.9 Å². The smallest absolute Gasteiger partial charge is 0.195 e. The Morgan fingerprint density at radius 1 is 1.33 bits per heavy atom. The Morgan fingerprint density at radius 3 is 2.61 bits per heavy atom. The van der Waals surface area contributed by atoms with Crippen molar-refractivity contribution in [3.63, 3.8) is 0 Å². The van der Waals surface area contributed by atoms with Crippen molar-refractivity contribution in [1.29, 1.82) is 0 Å². The number of aromatic nitrogens is 3. The summed E-state index contributed by atoms with van der Waals surface area (Å²) in [4.78, 5) is 0. The summed E-state index contributed by atoms with van der Waals surface area (Å²) < 4.78 is 9.57. The maximum absolute atomic E-state index is 5.22. The van der Waals surface area contributed by atoms with E-state index in [-0.39, 0.29) is 0 Å². The molecule has 2 rings (SSSR count). The minimum atomic E-state index is 0.593. The molecule has 0 aliphatic carbocycles. The second-order valence-corrected chi connectivity index (χ2v) is 5.87. The molecule has 4 nitrogen and oxygen atoms in total. The molecule has 1 aromatic carbocycles. The average Bonchev–Trinajstić information content (AvgIpc) is 2.67. The third-order valence-electron chi connectivity index (χ3n) is 2.40. The van der Waals surface area contributed by atoms with Crippen molar-refractivity contribution in [3.05, 3.63) is 31.9 Å². The summed E-state index contributed by atoms with van der Waals surface area (Å²) >= 11 is 12.2. The Balaban J connectivity index is 2.47. The predicted molar refractivity (Wildman–Crippen MR) is 80.1 cm³/mol. The fourth-order valence-corrected chi connectivity index (χ4v) is 3.13. The highest BCUT2D eigenvalue weighted by molar-refractivity contribution is 9.11. The van der Waals surface area contributed by atoms with Gasteiger partial charge in [0.15, 0.2) is 10.6 Å². The molecule has 18 heavy (non-hydrogen) atoms. The van der Waals surface area contributed by atoms with Gasteiger partial charge in [0.25, 0.3) is 0 Å². The Bertz CT molecular complexity index is 588. The molecule has 0 saturated heterocycles. The molecule has 0 aliphatic heterocycles. The summed E-state index contributed by atoms with van der Waals surface area (Å²) in [6.45, 7) is 1.27. The molecule has 0 unspecified atom stereocenters. The number of aromatic amines is 1. The largest absolute Gasteiger partial charge is 0.383 e. The first-order valence-electron chi connectivity index (χ1n) is 5.22. The maximum atomic E-state index is 5.22. The fraction of sp³-hybridized carbons (Fsp3) is 0.273. The van der Waals surface area contributed by atoms with Crippen LogP contribution in [-0.2, 0) is 11.3 Å². The van der Waals surface area contributed by atoms with Crippen molar-refractivity contribution >= 4 is 44.1 Å². The van der Waals surface area contributed by atoms with Gasteiger partial charge in [0.2, 0.25) is 0 Å². The molecule has 0 fully saturated rings. The van der Waals surface area contributed by atoms with Crippen LogP contribution in [0.1, 0.15) is 0 Å². The average molecular weight is 393 g/mol. The van der Waals surface area contributed by atoms with Crippen molar-refractivity contribution in [2.75, 3.05) is 13.7 Å². The maximum Gasteiger partial charge on any atom is 0.195 e. The SMILES string of the molecule is COCCn1c(-c2cc(Br)cc(Br)c2)n[nH]c1=S. The lowest BCUT2D eigenvalue weighted by Crippen LogP contribution is -2.06. The predicted octanol–water partition coefficient (Wildman–Crippen LogP) is 3.78. The van der Waals surface area contributed by atoms with Gasteiger partial charge in [-0.05, 0) is 30.4 Å². The lowest BCUT2D eigenvalue weighted by atomic mass is 10.2. The molecule has 0 bridgehead atoms. The third kappa shape index (κ3) is 3.09. The molecule has 7 heteroatoms. The lowest BCUT2D eigenvalue weighted by Gasteiger charge is -2.07. The van der Waals surface area contributed by atoms with Gasteiger partial charge in [0.05, 0.1) is 13.2 Å². The number of nitrogens with one attached hydrogen (secondary N) is 1. The highest BCUT2D eigenvalue weighted by Gasteiger charge is 2.10. The number of H-pyrrole nitrogens is 1. The standard InChI is InChI=1S/C11H11Br2N3OS/c1-17-3-2-16-10(14-15-11(16)18)7-4-8(12)6-9(13)5-7/h4-6H,2-3H2,1H3,(H,15,18). The van der Waals surface area contributed by atoms with E-state index in [2.05, 4.69) is 42.1 Å². The Hall–Kier alpha value is -0.500. The van der Waals surface area contributed by atoms with Crippen molar-refractivity contribution in [2.24, 2.45) is 0 Å². The van der Waals surface area contributed by atoms with Crippen LogP contribution >= 0.6 is 44.1 Å². The molecule has 96 valence electrons. The van der Waals surface area contributed by atoms with E-state index < -0.39 is 0 Å². The normalized spacial score (nSPS) is 10.8. The van der Waals surface area contributed by atoms with E-state index >= 15 is 0 Å². The molecule has 0 amide bonds. The van der Waals surface area contributed by atoms with E-state index in [9.17, 15) is 0 Å². The van der Waals surface area contributed by atoms with Crippen molar-refractivity contribution in [3.8, 4) is 11.4 Å². The zero-order valence-electron chi connectivity index (χ0n) is 9.61. The fourth-order valence-electron chi connectivity index (χ4n) is 1.61. The number of hydrogen-bond donors (Lipinski definition) is 1. The number of halogens is 2. The summed E-state index contributed by atoms with van der Waals surface area (Å²) in [6.07, 6.45) is 0. The van der Waals surface area contributed by atoms with Crippen LogP contribution in [0.15, 0.2) is 27.1 Å². The zero-order chi connectivity index (χ0) is 13.1. The first-order valence-corrected chi connectivity index (χ1v) is 7.22. The van der Waals surface area contributed by atoms with Gasteiger partial charge >= 0.3 is 0 Å². The van der Waals surface area contributed by atoms with Gasteiger partial charge < -0.3 is 4.74 Å². The van der Waals surface area contributed by atoms with Crippen molar-refractivity contribution in [2.45, 2.75) is 6.54 Å². The number of ether oxygens (including phenoxy) is 1. The number of rotatable bonds is 4. The van der Waals surface area contributed by atoms with Gasteiger partial charge in [-0.25, -0.2) is 0 Å². The van der Waals surface area contributed by atoms with Gasteiger partial charge in [-0.3, -0.25) is 9.67 Å². The van der Waals surface area contributed by atoms with Crippen LogP contribution in [0.2, 0.25) is 0 Å². The van der Waals surface area contributed by atoms with Gasteiger partial charge in [-0.1, -0.05) is 31.9 Å². The van der Waals surface area contributed by atoms with Crippen molar-refractivity contribution in [1.82, 2.24) is 14.8 Å². The summed E-state index contributed by atoms with van der Waals surface area (Å²) in [6, 6.07) is 5.97.